The fraction of sp³-hybridized carbons (Fsp3) is 0.111. The molecule has 0 aliphatic carbocycles. The molecule has 0 aliphatic rings. The Morgan fingerprint density at radius 1 is 1.00 bits per heavy atom. The number of aromatic nitrogens is 1. The molecule has 2 nitrogen and oxygen atoms in total. The normalized spacial score (nSPS) is 10.7. The van der Waals surface area contributed by atoms with Gasteiger partial charge in [0, 0.05) is 23.6 Å². The van der Waals surface area contributed by atoms with Crippen molar-refractivity contribution >= 4 is 16.7 Å². The molecule has 0 radical (unpaired) electrons. The van der Waals surface area contributed by atoms with Gasteiger partial charge in [0.15, 0.2) is 0 Å². The van der Waals surface area contributed by atoms with Crippen LogP contribution in [0.3, 0.4) is 0 Å². The standard InChI is InChI=1S/C18H15NO/c1-13(20)12-14-7-9-15(10-8-14)17-6-2-4-16-5-3-11-19-18(16)17/h2-11H,12H2,1H3. The highest BCUT2D eigenvalue weighted by Crippen LogP contribution is 2.27. The summed E-state index contributed by atoms with van der Waals surface area (Å²) in [6, 6.07) is 18.3. The van der Waals surface area contributed by atoms with Crippen molar-refractivity contribution in [2.45, 2.75) is 13.3 Å². The largest absolute Gasteiger partial charge is 0.300 e. The zero-order chi connectivity index (χ0) is 13.9. The highest BCUT2D eigenvalue weighted by atomic mass is 16.1. The van der Waals surface area contributed by atoms with E-state index in [1.807, 2.05) is 30.5 Å². The number of fused-ring (bicyclic) bond motifs is 1. The predicted molar refractivity (Wildman–Crippen MR) is 81.6 cm³/mol. The third-order valence-corrected chi connectivity index (χ3v) is 3.35. The summed E-state index contributed by atoms with van der Waals surface area (Å²) < 4.78 is 0. The molecule has 2 aromatic carbocycles. The van der Waals surface area contributed by atoms with Gasteiger partial charge in [0.05, 0.1) is 5.52 Å². The number of hydrogen-bond acceptors (Lipinski definition) is 2. The molecule has 0 N–H and O–H groups in total. The highest BCUT2D eigenvalue weighted by Gasteiger charge is 2.05. The molecule has 0 spiro atoms. The van der Waals surface area contributed by atoms with Crippen molar-refractivity contribution in [3.8, 4) is 11.1 Å². The molecule has 0 amide bonds. The summed E-state index contributed by atoms with van der Waals surface area (Å²) in [7, 11) is 0. The number of para-hydroxylation sites is 1. The first kappa shape index (κ1) is 12.5. The third kappa shape index (κ3) is 2.45. The molecule has 2 heteroatoms. The van der Waals surface area contributed by atoms with Crippen LogP contribution in [-0.4, -0.2) is 10.8 Å². The van der Waals surface area contributed by atoms with E-state index in [4.69, 9.17) is 0 Å². The predicted octanol–water partition coefficient (Wildman–Crippen LogP) is 4.03. The minimum Gasteiger partial charge on any atom is -0.300 e. The van der Waals surface area contributed by atoms with Gasteiger partial charge >= 0.3 is 0 Å². The summed E-state index contributed by atoms with van der Waals surface area (Å²) >= 11 is 0. The van der Waals surface area contributed by atoms with Crippen LogP contribution in [-0.2, 0) is 11.2 Å². The van der Waals surface area contributed by atoms with E-state index in [-0.39, 0.29) is 5.78 Å². The monoisotopic (exact) mass is 261 g/mol. The van der Waals surface area contributed by atoms with Gasteiger partial charge < -0.3 is 0 Å². The van der Waals surface area contributed by atoms with Crippen LogP contribution in [0, 0.1) is 0 Å². The van der Waals surface area contributed by atoms with Crippen molar-refractivity contribution in [3.05, 3.63) is 66.4 Å². The molecule has 0 atom stereocenters. The number of carbonyl (C=O) groups is 1. The lowest BCUT2D eigenvalue weighted by Crippen LogP contribution is -1.95. The lowest BCUT2D eigenvalue weighted by atomic mass is 10.00. The number of hydrogen-bond donors (Lipinski definition) is 0. The van der Waals surface area contributed by atoms with Crippen molar-refractivity contribution in [1.29, 1.82) is 0 Å². The highest BCUT2D eigenvalue weighted by molar-refractivity contribution is 5.93. The first-order chi connectivity index (χ1) is 9.74. The van der Waals surface area contributed by atoms with Gasteiger partial charge in [-0.25, -0.2) is 0 Å². The fourth-order valence-electron chi connectivity index (χ4n) is 2.43. The molecule has 0 aliphatic heterocycles. The van der Waals surface area contributed by atoms with E-state index in [2.05, 4.69) is 35.3 Å². The summed E-state index contributed by atoms with van der Waals surface area (Å²) in [4.78, 5) is 15.6. The third-order valence-electron chi connectivity index (χ3n) is 3.35. The van der Waals surface area contributed by atoms with Crippen LogP contribution < -0.4 is 0 Å². The molecule has 3 rings (SSSR count). The number of rotatable bonds is 3. The van der Waals surface area contributed by atoms with Crippen molar-refractivity contribution in [1.82, 2.24) is 4.98 Å². The molecular formula is C18H15NO. The average molecular weight is 261 g/mol. The zero-order valence-electron chi connectivity index (χ0n) is 11.3. The Bertz CT molecular complexity index is 754. The molecule has 0 bridgehead atoms. The quantitative estimate of drug-likeness (QED) is 0.712. The van der Waals surface area contributed by atoms with Gasteiger partial charge in [0.1, 0.15) is 5.78 Å². The minimum atomic E-state index is 0.185. The molecule has 20 heavy (non-hydrogen) atoms. The van der Waals surface area contributed by atoms with Crippen LogP contribution >= 0.6 is 0 Å². The topological polar surface area (TPSA) is 30.0 Å². The Morgan fingerprint density at radius 2 is 1.75 bits per heavy atom. The number of pyridine rings is 1. The molecular weight excluding hydrogens is 246 g/mol. The summed E-state index contributed by atoms with van der Waals surface area (Å²) in [5, 5.41) is 1.14. The van der Waals surface area contributed by atoms with Crippen LogP contribution in [0.1, 0.15) is 12.5 Å². The molecule has 1 heterocycles. The smallest absolute Gasteiger partial charge is 0.134 e. The van der Waals surface area contributed by atoms with Gasteiger partial charge in [-0.3, -0.25) is 9.78 Å². The summed E-state index contributed by atoms with van der Waals surface area (Å²) in [6.45, 7) is 1.61. The second-order valence-corrected chi connectivity index (χ2v) is 4.96. The molecule has 0 saturated heterocycles. The van der Waals surface area contributed by atoms with Crippen LogP contribution in [0.5, 0.6) is 0 Å². The maximum atomic E-state index is 11.1. The van der Waals surface area contributed by atoms with Crippen molar-refractivity contribution in [3.63, 3.8) is 0 Å². The van der Waals surface area contributed by atoms with Gasteiger partial charge in [0.2, 0.25) is 0 Å². The number of Topliss-reactive ketones (excluding diaryl/α,β-unsaturated/α-hetero) is 1. The first-order valence-electron chi connectivity index (χ1n) is 6.66. The van der Waals surface area contributed by atoms with E-state index >= 15 is 0 Å². The van der Waals surface area contributed by atoms with Crippen LogP contribution in [0.4, 0.5) is 0 Å². The van der Waals surface area contributed by atoms with Crippen LogP contribution in [0.15, 0.2) is 60.8 Å². The molecule has 1 aromatic heterocycles. The van der Waals surface area contributed by atoms with Crippen molar-refractivity contribution < 1.29 is 4.79 Å². The maximum absolute atomic E-state index is 11.1. The molecule has 0 unspecified atom stereocenters. The van der Waals surface area contributed by atoms with Gasteiger partial charge in [-0.2, -0.15) is 0 Å². The van der Waals surface area contributed by atoms with Crippen LogP contribution in [0.25, 0.3) is 22.0 Å². The summed E-state index contributed by atoms with van der Waals surface area (Å²) in [5.74, 6) is 0.185. The maximum Gasteiger partial charge on any atom is 0.134 e. The van der Waals surface area contributed by atoms with Gasteiger partial charge in [-0.05, 0) is 24.1 Å². The van der Waals surface area contributed by atoms with Crippen molar-refractivity contribution in [2.24, 2.45) is 0 Å². The molecule has 3 aromatic rings. The Kier molecular flexibility index (Phi) is 3.30. The number of benzene rings is 2. The number of carbonyl (C=O) groups excluding carboxylic acids is 1. The SMILES string of the molecule is CC(=O)Cc1ccc(-c2cccc3cccnc23)cc1. The number of nitrogens with zero attached hydrogens (tertiary/aromatic N) is 1. The van der Waals surface area contributed by atoms with E-state index in [1.165, 1.54) is 0 Å². The first-order valence-corrected chi connectivity index (χ1v) is 6.66. The zero-order valence-corrected chi connectivity index (χ0v) is 11.3. The Labute approximate surface area is 118 Å². The molecule has 98 valence electrons. The fourth-order valence-corrected chi connectivity index (χ4v) is 2.43. The van der Waals surface area contributed by atoms with E-state index in [0.717, 1.165) is 27.6 Å². The lowest BCUT2D eigenvalue weighted by Gasteiger charge is -2.06. The van der Waals surface area contributed by atoms with E-state index in [1.54, 1.807) is 6.92 Å². The number of ketones is 1. The summed E-state index contributed by atoms with van der Waals surface area (Å²) in [5.41, 5.74) is 4.31. The van der Waals surface area contributed by atoms with Gasteiger partial charge in [-0.15, -0.1) is 0 Å². The van der Waals surface area contributed by atoms with E-state index in [0.29, 0.717) is 6.42 Å². The minimum absolute atomic E-state index is 0.185. The Morgan fingerprint density at radius 3 is 2.50 bits per heavy atom. The molecule has 0 saturated carbocycles. The lowest BCUT2D eigenvalue weighted by molar-refractivity contribution is -0.116. The van der Waals surface area contributed by atoms with Gasteiger partial charge in [0.25, 0.3) is 0 Å². The second-order valence-electron chi connectivity index (χ2n) is 4.96. The Balaban J connectivity index is 2.05. The Hall–Kier alpha value is -2.48. The van der Waals surface area contributed by atoms with E-state index < -0.39 is 0 Å². The average Bonchev–Trinajstić information content (AvgIpc) is 2.47. The second kappa shape index (κ2) is 5.25. The van der Waals surface area contributed by atoms with Gasteiger partial charge in [-0.1, -0.05) is 48.5 Å². The van der Waals surface area contributed by atoms with Crippen molar-refractivity contribution in [2.75, 3.05) is 0 Å². The summed E-state index contributed by atoms with van der Waals surface area (Å²) in [6.07, 6.45) is 2.31. The van der Waals surface area contributed by atoms with Crippen LogP contribution in [0.2, 0.25) is 0 Å². The van der Waals surface area contributed by atoms with E-state index in [9.17, 15) is 4.79 Å². The molecule has 0 fully saturated rings.